The van der Waals surface area contributed by atoms with Gasteiger partial charge in [0.1, 0.15) is 0 Å². The van der Waals surface area contributed by atoms with Crippen molar-refractivity contribution in [3.05, 3.63) is 83.9 Å². The number of hydrogen-bond acceptors (Lipinski definition) is 4. The Morgan fingerprint density at radius 1 is 0.500 bits per heavy atom. The Hall–Kier alpha value is -3.66. The van der Waals surface area contributed by atoms with Crippen molar-refractivity contribution in [1.29, 1.82) is 0 Å². The minimum absolute atomic E-state index is 1.03. The molecule has 4 aromatic carbocycles. The van der Waals surface area contributed by atoms with Gasteiger partial charge in [-0.2, -0.15) is 10.2 Å². The molecular weight excluding hydrogens is 368 g/mol. The fourth-order valence-electron chi connectivity index (χ4n) is 3.42. The molecule has 0 spiro atoms. The minimum Gasteiger partial charge on any atom is -0.378 e. The summed E-state index contributed by atoms with van der Waals surface area (Å²) in [5.41, 5.74) is 4.46. The maximum atomic E-state index is 4.24. The molecule has 0 bridgehead atoms. The summed E-state index contributed by atoms with van der Waals surface area (Å²) >= 11 is 0. The topological polar surface area (TPSA) is 31.2 Å². The lowest BCUT2D eigenvalue weighted by atomic mass is 10.1. The summed E-state index contributed by atoms with van der Waals surface area (Å²) in [5, 5.41) is 13.3. The third-order valence-corrected chi connectivity index (χ3v) is 5.21. The predicted octanol–water partition coefficient (Wildman–Crippen LogP) is 5.58. The molecule has 0 fully saturated rings. The average Bonchev–Trinajstić information content (AvgIpc) is 2.75. The van der Waals surface area contributed by atoms with Gasteiger partial charge in [0.25, 0.3) is 0 Å². The van der Waals surface area contributed by atoms with E-state index in [4.69, 9.17) is 0 Å². The molecule has 0 aliphatic rings. The molecule has 4 heteroatoms. The van der Waals surface area contributed by atoms with E-state index < -0.39 is 0 Å². The molecule has 0 atom stereocenters. The lowest BCUT2D eigenvalue weighted by molar-refractivity contribution is 1.13. The van der Waals surface area contributed by atoms with E-state index in [0.717, 1.165) is 11.1 Å². The molecule has 0 aliphatic heterocycles. The maximum absolute atomic E-state index is 4.24. The quantitative estimate of drug-likeness (QED) is 0.327. The second-order valence-corrected chi connectivity index (χ2v) is 7.86. The van der Waals surface area contributed by atoms with Crippen LogP contribution in [0.2, 0.25) is 0 Å². The van der Waals surface area contributed by atoms with Crippen LogP contribution in [0.1, 0.15) is 11.1 Å². The fraction of sp³-hybridized carbons (Fsp3) is 0.154. The van der Waals surface area contributed by atoms with E-state index in [1.54, 1.807) is 12.4 Å². The van der Waals surface area contributed by atoms with E-state index in [0.29, 0.717) is 0 Å². The van der Waals surface area contributed by atoms with Gasteiger partial charge in [-0.25, -0.2) is 0 Å². The Bertz CT molecular complexity index is 1150. The number of benzene rings is 4. The smallest absolute Gasteiger partial charge is 0.0568 e. The van der Waals surface area contributed by atoms with Gasteiger partial charge in [0.05, 0.1) is 12.4 Å². The van der Waals surface area contributed by atoms with Gasteiger partial charge in [-0.1, -0.05) is 36.4 Å². The summed E-state index contributed by atoms with van der Waals surface area (Å²) in [6.45, 7) is 0. The Kier molecular flexibility index (Phi) is 5.48. The first-order valence-corrected chi connectivity index (χ1v) is 9.98. The monoisotopic (exact) mass is 394 g/mol. The van der Waals surface area contributed by atoms with Crippen LogP contribution in [0, 0.1) is 0 Å². The standard InChI is InChI=1S/C26H26N4/c1-29(2)25-11-9-21-13-19(5-7-23(21)15-25)17-27-28-18-20-6-8-24-16-26(30(3)4)12-10-22(24)14-20/h5-18H,1-4H3/b27-17+,28-18+. The van der Waals surface area contributed by atoms with Crippen LogP contribution in [0.3, 0.4) is 0 Å². The molecule has 0 aliphatic carbocycles. The summed E-state index contributed by atoms with van der Waals surface area (Å²) < 4.78 is 0. The van der Waals surface area contributed by atoms with Gasteiger partial charge < -0.3 is 9.80 Å². The zero-order chi connectivity index (χ0) is 21.1. The first-order valence-electron chi connectivity index (χ1n) is 9.98. The van der Waals surface area contributed by atoms with Crippen molar-refractivity contribution in [2.75, 3.05) is 38.0 Å². The molecule has 0 aromatic heterocycles. The Labute approximate surface area is 177 Å². The van der Waals surface area contributed by atoms with Crippen molar-refractivity contribution >= 4 is 45.3 Å². The van der Waals surface area contributed by atoms with E-state index in [2.05, 4.69) is 121 Å². The van der Waals surface area contributed by atoms with Crippen molar-refractivity contribution in [3.8, 4) is 0 Å². The zero-order valence-corrected chi connectivity index (χ0v) is 17.9. The summed E-state index contributed by atoms with van der Waals surface area (Å²) in [6, 6.07) is 25.6. The molecule has 4 aromatic rings. The van der Waals surface area contributed by atoms with Crippen LogP contribution in [-0.2, 0) is 0 Å². The molecule has 0 radical (unpaired) electrons. The lowest BCUT2D eigenvalue weighted by Crippen LogP contribution is -2.08. The first-order chi connectivity index (χ1) is 14.5. The molecular formula is C26H26N4. The fourth-order valence-corrected chi connectivity index (χ4v) is 3.42. The second-order valence-electron chi connectivity index (χ2n) is 7.86. The van der Waals surface area contributed by atoms with Crippen molar-refractivity contribution in [3.63, 3.8) is 0 Å². The normalized spacial score (nSPS) is 11.7. The van der Waals surface area contributed by atoms with Gasteiger partial charge in [-0.3, -0.25) is 0 Å². The van der Waals surface area contributed by atoms with Gasteiger partial charge in [0.15, 0.2) is 0 Å². The highest BCUT2D eigenvalue weighted by atomic mass is 15.2. The summed E-state index contributed by atoms with van der Waals surface area (Å²) in [4.78, 5) is 4.22. The van der Waals surface area contributed by atoms with Gasteiger partial charge in [-0.05, 0) is 69.1 Å². The molecule has 0 amide bonds. The molecule has 0 saturated heterocycles. The largest absolute Gasteiger partial charge is 0.378 e. The van der Waals surface area contributed by atoms with E-state index in [9.17, 15) is 0 Å². The van der Waals surface area contributed by atoms with Crippen LogP contribution in [0.4, 0.5) is 11.4 Å². The van der Waals surface area contributed by atoms with Gasteiger partial charge in [-0.15, -0.1) is 0 Å². The predicted molar refractivity (Wildman–Crippen MR) is 132 cm³/mol. The minimum atomic E-state index is 1.03. The van der Waals surface area contributed by atoms with E-state index in [1.165, 1.54) is 32.9 Å². The Morgan fingerprint density at radius 3 is 1.27 bits per heavy atom. The summed E-state index contributed by atoms with van der Waals surface area (Å²) in [6.07, 6.45) is 3.58. The second kappa shape index (κ2) is 8.37. The number of anilines is 2. The van der Waals surface area contributed by atoms with Crippen LogP contribution < -0.4 is 9.80 Å². The molecule has 30 heavy (non-hydrogen) atoms. The summed E-state index contributed by atoms with van der Waals surface area (Å²) in [5.74, 6) is 0. The molecule has 0 saturated carbocycles. The average molecular weight is 395 g/mol. The van der Waals surface area contributed by atoms with Crippen molar-refractivity contribution in [1.82, 2.24) is 0 Å². The van der Waals surface area contributed by atoms with Gasteiger partial charge in [0, 0.05) is 39.6 Å². The van der Waals surface area contributed by atoms with E-state index >= 15 is 0 Å². The molecule has 0 N–H and O–H groups in total. The molecule has 0 unspecified atom stereocenters. The molecule has 4 nitrogen and oxygen atoms in total. The van der Waals surface area contributed by atoms with E-state index in [1.807, 2.05) is 0 Å². The third-order valence-electron chi connectivity index (χ3n) is 5.21. The number of hydrogen-bond donors (Lipinski definition) is 0. The lowest BCUT2D eigenvalue weighted by Gasteiger charge is -2.13. The number of fused-ring (bicyclic) bond motifs is 2. The van der Waals surface area contributed by atoms with Crippen molar-refractivity contribution < 1.29 is 0 Å². The van der Waals surface area contributed by atoms with E-state index in [-0.39, 0.29) is 0 Å². The van der Waals surface area contributed by atoms with Crippen LogP contribution in [0.25, 0.3) is 21.5 Å². The molecule has 0 heterocycles. The van der Waals surface area contributed by atoms with Crippen LogP contribution in [0.15, 0.2) is 83.0 Å². The van der Waals surface area contributed by atoms with Crippen LogP contribution in [0.5, 0.6) is 0 Å². The summed E-state index contributed by atoms with van der Waals surface area (Å²) in [7, 11) is 8.21. The first kappa shape index (κ1) is 19.6. The van der Waals surface area contributed by atoms with Gasteiger partial charge in [0.2, 0.25) is 0 Å². The van der Waals surface area contributed by atoms with Crippen LogP contribution >= 0.6 is 0 Å². The SMILES string of the molecule is CN(C)c1ccc2cc(/C=N/N=C/c3ccc4cc(N(C)C)ccc4c3)ccc2c1. The molecule has 4 rings (SSSR count). The van der Waals surface area contributed by atoms with Gasteiger partial charge >= 0.3 is 0 Å². The number of rotatable bonds is 5. The van der Waals surface area contributed by atoms with Crippen LogP contribution in [-0.4, -0.2) is 40.6 Å². The number of nitrogens with zero attached hydrogens (tertiary/aromatic N) is 4. The maximum Gasteiger partial charge on any atom is 0.0568 e. The Morgan fingerprint density at radius 2 is 0.867 bits per heavy atom. The van der Waals surface area contributed by atoms with Crippen molar-refractivity contribution in [2.24, 2.45) is 10.2 Å². The van der Waals surface area contributed by atoms with Crippen molar-refractivity contribution in [2.45, 2.75) is 0 Å². The molecule has 150 valence electrons. The zero-order valence-electron chi connectivity index (χ0n) is 17.9. The highest BCUT2D eigenvalue weighted by molar-refractivity contribution is 5.94. The Balaban J connectivity index is 1.49. The highest BCUT2D eigenvalue weighted by Crippen LogP contribution is 2.23. The highest BCUT2D eigenvalue weighted by Gasteiger charge is 2.00. The third kappa shape index (κ3) is 4.33.